The minimum absolute atomic E-state index is 0.302. The van der Waals surface area contributed by atoms with Crippen molar-refractivity contribution in [1.82, 2.24) is 4.90 Å². The molecule has 0 aromatic carbocycles. The quantitative estimate of drug-likeness (QED) is 0.582. The van der Waals surface area contributed by atoms with Crippen molar-refractivity contribution >= 4 is 5.78 Å². The van der Waals surface area contributed by atoms with Gasteiger partial charge >= 0.3 is 0 Å². The third-order valence-corrected chi connectivity index (χ3v) is 3.06. The number of fused-ring (bicyclic) bond motifs is 1. The molecule has 1 aliphatic carbocycles. The Morgan fingerprint density at radius 3 is 3.25 bits per heavy atom. The molecule has 66 valence electrons. The van der Waals surface area contributed by atoms with Gasteiger partial charge in [-0.25, -0.2) is 0 Å². The van der Waals surface area contributed by atoms with Gasteiger partial charge in [0.1, 0.15) is 0 Å². The Morgan fingerprint density at radius 2 is 2.50 bits per heavy atom. The highest BCUT2D eigenvalue weighted by molar-refractivity contribution is 5.91. The molecule has 1 aliphatic heterocycles. The largest absolute Gasteiger partial charge is 0.300 e. The summed E-state index contributed by atoms with van der Waals surface area (Å²) in [7, 11) is 0. The lowest BCUT2D eigenvalue weighted by Gasteiger charge is -2.26. The molecule has 12 heavy (non-hydrogen) atoms. The number of ketones is 1. The molecular weight excluding hydrogens is 150 g/mol. The Hall–Kier alpha value is -0.630. The van der Waals surface area contributed by atoms with E-state index >= 15 is 0 Å². The lowest BCUT2D eigenvalue weighted by Crippen LogP contribution is -2.35. The highest BCUT2D eigenvalue weighted by Gasteiger charge is 2.34. The molecule has 0 aromatic heterocycles. The van der Waals surface area contributed by atoms with Crippen LogP contribution in [0.5, 0.6) is 0 Å². The van der Waals surface area contributed by atoms with Gasteiger partial charge in [0.15, 0.2) is 5.78 Å². The molecule has 2 nitrogen and oxygen atoms in total. The van der Waals surface area contributed by atoms with Gasteiger partial charge in [-0.2, -0.15) is 0 Å². The highest BCUT2D eigenvalue weighted by Crippen LogP contribution is 2.30. The summed E-state index contributed by atoms with van der Waals surface area (Å²) in [4.78, 5) is 13.6. The van der Waals surface area contributed by atoms with Gasteiger partial charge in [-0.05, 0) is 31.5 Å². The van der Waals surface area contributed by atoms with Crippen molar-refractivity contribution in [3.05, 3.63) is 12.2 Å². The summed E-state index contributed by atoms with van der Waals surface area (Å²) in [5, 5.41) is 0. The lowest BCUT2D eigenvalue weighted by atomic mass is 9.90. The zero-order valence-corrected chi connectivity index (χ0v) is 7.49. The molecule has 0 amide bonds. The van der Waals surface area contributed by atoms with E-state index in [0.717, 1.165) is 13.0 Å². The highest BCUT2D eigenvalue weighted by atomic mass is 16.1. The first-order valence-corrected chi connectivity index (χ1v) is 4.76. The van der Waals surface area contributed by atoms with Gasteiger partial charge in [0.05, 0.1) is 0 Å². The van der Waals surface area contributed by atoms with Crippen LogP contribution in [0.2, 0.25) is 0 Å². The number of carbonyl (C=O) groups is 1. The second-order valence-corrected chi connectivity index (χ2v) is 3.68. The molecule has 2 aliphatic rings. The van der Waals surface area contributed by atoms with Gasteiger partial charge in [-0.3, -0.25) is 9.69 Å². The van der Waals surface area contributed by atoms with Crippen LogP contribution in [0.15, 0.2) is 12.2 Å². The zero-order chi connectivity index (χ0) is 8.55. The van der Waals surface area contributed by atoms with Gasteiger partial charge in [0.2, 0.25) is 0 Å². The van der Waals surface area contributed by atoms with Crippen LogP contribution >= 0.6 is 0 Å². The monoisotopic (exact) mass is 165 g/mol. The van der Waals surface area contributed by atoms with Crippen LogP contribution in [0.4, 0.5) is 0 Å². The van der Waals surface area contributed by atoms with E-state index in [4.69, 9.17) is 0 Å². The predicted molar refractivity (Wildman–Crippen MR) is 47.9 cm³/mol. The van der Waals surface area contributed by atoms with Crippen molar-refractivity contribution in [3.8, 4) is 0 Å². The second kappa shape index (κ2) is 3.02. The SMILES string of the molecule is CCN1CCC2C=CC(=O)CC21. The second-order valence-electron chi connectivity index (χ2n) is 3.68. The van der Waals surface area contributed by atoms with Crippen molar-refractivity contribution in [2.24, 2.45) is 5.92 Å². The van der Waals surface area contributed by atoms with E-state index in [1.165, 1.54) is 13.0 Å². The Morgan fingerprint density at radius 1 is 1.67 bits per heavy atom. The average molecular weight is 165 g/mol. The molecule has 0 saturated carbocycles. The normalized spacial score (nSPS) is 35.6. The maximum Gasteiger partial charge on any atom is 0.156 e. The summed E-state index contributed by atoms with van der Waals surface area (Å²) in [6, 6.07) is 0.521. The number of hydrogen-bond donors (Lipinski definition) is 0. The fraction of sp³-hybridized carbons (Fsp3) is 0.700. The predicted octanol–water partition coefficient (Wildman–Crippen LogP) is 1.23. The molecule has 0 aromatic rings. The molecule has 1 fully saturated rings. The molecule has 1 saturated heterocycles. The van der Waals surface area contributed by atoms with Crippen LogP contribution in [0.3, 0.4) is 0 Å². The van der Waals surface area contributed by atoms with Crippen LogP contribution in [0.1, 0.15) is 19.8 Å². The first kappa shape index (κ1) is 7.99. The first-order chi connectivity index (χ1) is 5.81. The Bertz CT molecular complexity index is 222. The number of allylic oxidation sites excluding steroid dienone is 1. The number of hydrogen-bond acceptors (Lipinski definition) is 2. The summed E-state index contributed by atoms with van der Waals surface area (Å²) in [5.74, 6) is 0.958. The van der Waals surface area contributed by atoms with E-state index in [9.17, 15) is 4.79 Å². The summed E-state index contributed by atoms with van der Waals surface area (Å²) in [6.45, 7) is 4.43. The molecule has 1 heterocycles. The molecule has 0 N–H and O–H groups in total. The number of nitrogens with zero attached hydrogens (tertiary/aromatic N) is 1. The topological polar surface area (TPSA) is 20.3 Å². The van der Waals surface area contributed by atoms with E-state index in [0.29, 0.717) is 17.7 Å². The van der Waals surface area contributed by atoms with Gasteiger partial charge in [-0.15, -0.1) is 0 Å². The standard InChI is InChI=1S/C10H15NO/c1-2-11-6-5-8-3-4-9(12)7-10(8)11/h3-4,8,10H,2,5-7H2,1H3. The average Bonchev–Trinajstić information content (AvgIpc) is 2.46. The molecular formula is C10H15NO. The smallest absolute Gasteiger partial charge is 0.156 e. The molecule has 0 bridgehead atoms. The summed E-state index contributed by atoms with van der Waals surface area (Å²) in [5.41, 5.74) is 0. The zero-order valence-electron chi connectivity index (χ0n) is 7.49. The van der Waals surface area contributed by atoms with Crippen molar-refractivity contribution in [1.29, 1.82) is 0 Å². The van der Waals surface area contributed by atoms with E-state index in [2.05, 4.69) is 17.9 Å². The van der Waals surface area contributed by atoms with Gasteiger partial charge in [0.25, 0.3) is 0 Å². The Kier molecular flexibility index (Phi) is 2.01. The van der Waals surface area contributed by atoms with E-state index in [1.54, 1.807) is 6.08 Å². The Balaban J connectivity index is 2.13. The van der Waals surface area contributed by atoms with E-state index in [-0.39, 0.29) is 0 Å². The van der Waals surface area contributed by atoms with E-state index < -0.39 is 0 Å². The fourth-order valence-electron chi connectivity index (χ4n) is 2.35. The molecule has 0 spiro atoms. The number of rotatable bonds is 1. The van der Waals surface area contributed by atoms with Gasteiger partial charge in [-0.1, -0.05) is 13.0 Å². The third kappa shape index (κ3) is 1.20. The van der Waals surface area contributed by atoms with Crippen LogP contribution in [-0.4, -0.2) is 29.8 Å². The maximum atomic E-state index is 11.2. The lowest BCUT2D eigenvalue weighted by molar-refractivity contribution is -0.116. The molecule has 2 unspecified atom stereocenters. The van der Waals surface area contributed by atoms with Gasteiger partial charge in [0, 0.05) is 12.5 Å². The van der Waals surface area contributed by atoms with Crippen molar-refractivity contribution in [2.45, 2.75) is 25.8 Å². The molecule has 2 heteroatoms. The number of likely N-dealkylation sites (tertiary alicyclic amines) is 1. The van der Waals surface area contributed by atoms with Crippen molar-refractivity contribution < 1.29 is 4.79 Å². The van der Waals surface area contributed by atoms with Crippen LogP contribution < -0.4 is 0 Å². The van der Waals surface area contributed by atoms with Crippen molar-refractivity contribution in [2.75, 3.05) is 13.1 Å². The minimum atomic E-state index is 0.302. The summed E-state index contributed by atoms with van der Waals surface area (Å²) >= 11 is 0. The summed E-state index contributed by atoms with van der Waals surface area (Å²) < 4.78 is 0. The van der Waals surface area contributed by atoms with E-state index in [1.807, 2.05) is 0 Å². The fourth-order valence-corrected chi connectivity index (χ4v) is 2.35. The number of carbonyl (C=O) groups excluding carboxylic acids is 1. The maximum absolute atomic E-state index is 11.2. The first-order valence-electron chi connectivity index (χ1n) is 4.76. The minimum Gasteiger partial charge on any atom is -0.300 e. The van der Waals surface area contributed by atoms with Gasteiger partial charge < -0.3 is 0 Å². The van der Waals surface area contributed by atoms with Crippen LogP contribution in [0, 0.1) is 5.92 Å². The molecule has 0 radical (unpaired) electrons. The molecule has 2 atom stereocenters. The van der Waals surface area contributed by atoms with Crippen LogP contribution in [0.25, 0.3) is 0 Å². The summed E-state index contributed by atoms with van der Waals surface area (Å²) in [6.07, 6.45) is 5.85. The Labute approximate surface area is 73.2 Å². The van der Waals surface area contributed by atoms with Crippen LogP contribution in [-0.2, 0) is 4.79 Å². The molecule has 2 rings (SSSR count). The third-order valence-electron chi connectivity index (χ3n) is 3.06. The van der Waals surface area contributed by atoms with Crippen molar-refractivity contribution in [3.63, 3.8) is 0 Å².